The first-order chi connectivity index (χ1) is 9.63. The zero-order valence-corrected chi connectivity index (χ0v) is 13.3. The molecule has 1 aliphatic rings. The van der Waals surface area contributed by atoms with Crippen LogP contribution in [-0.2, 0) is 4.79 Å². The topological polar surface area (TPSA) is 62.5 Å². The van der Waals surface area contributed by atoms with Gasteiger partial charge in [-0.1, -0.05) is 25.6 Å². The fourth-order valence-corrected chi connectivity index (χ4v) is 3.30. The average molecular weight is 312 g/mol. The van der Waals surface area contributed by atoms with E-state index < -0.39 is 0 Å². The molecule has 0 bridgehead atoms. The Hall–Kier alpha value is -1.21. The van der Waals surface area contributed by atoms with Crippen molar-refractivity contribution in [3.05, 3.63) is 11.6 Å². The molecule has 2 heterocycles. The van der Waals surface area contributed by atoms with E-state index in [0.717, 1.165) is 31.1 Å². The molecule has 110 valence electrons. The van der Waals surface area contributed by atoms with Gasteiger partial charge in [-0.3, -0.25) is 4.79 Å². The maximum Gasteiger partial charge on any atom is 0.232 e. The van der Waals surface area contributed by atoms with E-state index >= 15 is 0 Å². The van der Waals surface area contributed by atoms with E-state index in [9.17, 15) is 4.79 Å². The fraction of sp³-hybridized carbons (Fsp3) is 0.615. The zero-order valence-electron chi connectivity index (χ0n) is 11.6. The van der Waals surface area contributed by atoms with Crippen LogP contribution in [0.4, 0.5) is 5.13 Å². The van der Waals surface area contributed by atoms with Crippen molar-refractivity contribution in [3.8, 4) is 0 Å². The van der Waals surface area contributed by atoms with Crippen molar-refractivity contribution in [1.82, 2.24) is 9.88 Å². The van der Waals surface area contributed by atoms with Gasteiger partial charge in [-0.05, 0) is 6.42 Å². The predicted molar refractivity (Wildman–Crippen MR) is 86.1 cm³/mol. The molecule has 0 aliphatic carbocycles. The van der Waals surface area contributed by atoms with Gasteiger partial charge in [0.1, 0.15) is 0 Å². The van der Waals surface area contributed by atoms with Gasteiger partial charge in [0, 0.05) is 37.8 Å². The lowest BCUT2D eigenvalue weighted by Gasteiger charge is -2.36. The Kier molecular flexibility index (Phi) is 5.31. The van der Waals surface area contributed by atoms with Crippen molar-refractivity contribution >= 4 is 39.6 Å². The van der Waals surface area contributed by atoms with Crippen LogP contribution in [0.3, 0.4) is 0 Å². The van der Waals surface area contributed by atoms with Crippen molar-refractivity contribution in [2.24, 2.45) is 11.7 Å². The summed E-state index contributed by atoms with van der Waals surface area (Å²) in [4.78, 5) is 21.2. The Bertz CT molecular complexity index is 455. The highest BCUT2D eigenvalue weighted by Gasteiger charge is 2.29. The molecule has 1 unspecified atom stereocenters. The first-order valence-electron chi connectivity index (χ1n) is 6.86. The number of thiocarbonyl (C=S) groups is 1. The number of nitrogens with zero attached hydrogens (tertiary/aromatic N) is 3. The van der Waals surface area contributed by atoms with Gasteiger partial charge < -0.3 is 15.5 Å². The van der Waals surface area contributed by atoms with Gasteiger partial charge >= 0.3 is 0 Å². The lowest BCUT2D eigenvalue weighted by atomic mass is 10.0. The molecule has 1 aromatic heterocycles. The van der Waals surface area contributed by atoms with E-state index in [4.69, 9.17) is 18.0 Å². The minimum absolute atomic E-state index is 0.0816. The Labute approximate surface area is 128 Å². The SMILES string of the molecule is CCCC(C(=O)N1CCN(c2nccs2)CC1)C(N)=S. The molecular formula is C13H20N4OS2. The van der Waals surface area contributed by atoms with E-state index in [-0.39, 0.29) is 11.8 Å². The van der Waals surface area contributed by atoms with Crippen LogP contribution < -0.4 is 10.6 Å². The van der Waals surface area contributed by atoms with Crippen LogP contribution in [0.1, 0.15) is 19.8 Å². The van der Waals surface area contributed by atoms with Crippen molar-refractivity contribution < 1.29 is 4.79 Å². The maximum absolute atomic E-state index is 12.4. The van der Waals surface area contributed by atoms with Gasteiger partial charge in [0.15, 0.2) is 5.13 Å². The minimum Gasteiger partial charge on any atom is -0.393 e. The number of carbonyl (C=O) groups is 1. The predicted octanol–water partition coefficient (Wildman–Crippen LogP) is 1.49. The third kappa shape index (κ3) is 3.46. The molecule has 1 aromatic rings. The minimum atomic E-state index is -0.304. The normalized spacial score (nSPS) is 17.1. The lowest BCUT2D eigenvalue weighted by molar-refractivity contribution is -0.133. The second kappa shape index (κ2) is 6.99. The van der Waals surface area contributed by atoms with Gasteiger partial charge in [-0.15, -0.1) is 11.3 Å². The molecule has 1 amide bonds. The number of aromatic nitrogens is 1. The Balaban J connectivity index is 1.92. The largest absolute Gasteiger partial charge is 0.393 e. The van der Waals surface area contributed by atoms with Gasteiger partial charge in [0.2, 0.25) is 5.91 Å². The molecule has 0 radical (unpaired) electrons. The molecule has 0 saturated carbocycles. The number of nitrogens with two attached hydrogens (primary N) is 1. The average Bonchev–Trinajstić information content (AvgIpc) is 2.98. The fourth-order valence-electron chi connectivity index (χ4n) is 2.39. The Morgan fingerprint density at radius 1 is 1.50 bits per heavy atom. The summed E-state index contributed by atoms with van der Waals surface area (Å²) in [5.74, 6) is -0.223. The summed E-state index contributed by atoms with van der Waals surface area (Å²) in [6.45, 7) is 5.09. The molecule has 1 fully saturated rings. The van der Waals surface area contributed by atoms with E-state index in [1.165, 1.54) is 0 Å². The van der Waals surface area contributed by atoms with Gasteiger partial charge in [0.25, 0.3) is 0 Å². The molecule has 1 aliphatic heterocycles. The van der Waals surface area contributed by atoms with Crippen molar-refractivity contribution in [1.29, 1.82) is 0 Å². The number of anilines is 1. The summed E-state index contributed by atoms with van der Waals surface area (Å²) in [5.41, 5.74) is 5.70. The van der Waals surface area contributed by atoms with Gasteiger partial charge in [0.05, 0.1) is 10.9 Å². The summed E-state index contributed by atoms with van der Waals surface area (Å²) in [7, 11) is 0. The van der Waals surface area contributed by atoms with Crippen LogP contribution in [0.2, 0.25) is 0 Å². The van der Waals surface area contributed by atoms with E-state index in [0.29, 0.717) is 18.1 Å². The molecule has 1 atom stereocenters. The standard InChI is InChI=1S/C13H20N4OS2/c1-2-3-10(11(14)19)12(18)16-5-7-17(8-6-16)13-15-4-9-20-13/h4,9-10H,2-3,5-8H2,1H3,(H2,14,19). The van der Waals surface area contributed by atoms with Crippen molar-refractivity contribution in [3.63, 3.8) is 0 Å². The second-order valence-corrected chi connectivity index (χ2v) is 6.22. The number of thiazole rings is 1. The molecule has 0 spiro atoms. The first-order valence-corrected chi connectivity index (χ1v) is 8.14. The monoisotopic (exact) mass is 312 g/mol. The zero-order chi connectivity index (χ0) is 14.5. The third-order valence-corrected chi connectivity index (χ3v) is 4.62. The Morgan fingerprint density at radius 2 is 2.20 bits per heavy atom. The number of hydrogen-bond acceptors (Lipinski definition) is 5. The van der Waals surface area contributed by atoms with Crippen molar-refractivity contribution in [2.75, 3.05) is 31.1 Å². The van der Waals surface area contributed by atoms with E-state index in [2.05, 4.69) is 9.88 Å². The molecule has 20 heavy (non-hydrogen) atoms. The van der Waals surface area contributed by atoms with Crippen molar-refractivity contribution in [2.45, 2.75) is 19.8 Å². The molecular weight excluding hydrogens is 292 g/mol. The van der Waals surface area contributed by atoms with Crippen LogP contribution in [0, 0.1) is 5.92 Å². The second-order valence-electron chi connectivity index (χ2n) is 4.87. The number of hydrogen-bond donors (Lipinski definition) is 1. The Morgan fingerprint density at radius 3 is 2.70 bits per heavy atom. The van der Waals surface area contributed by atoms with Crippen LogP contribution in [0.15, 0.2) is 11.6 Å². The van der Waals surface area contributed by atoms with Crippen LogP contribution in [0.25, 0.3) is 0 Å². The summed E-state index contributed by atoms with van der Waals surface area (Å²) in [5, 5.41) is 2.99. The van der Waals surface area contributed by atoms with E-state index in [1.807, 2.05) is 23.4 Å². The molecule has 1 saturated heterocycles. The molecule has 0 aromatic carbocycles. The summed E-state index contributed by atoms with van der Waals surface area (Å²) >= 11 is 6.66. The summed E-state index contributed by atoms with van der Waals surface area (Å²) < 4.78 is 0. The number of piperazine rings is 1. The first kappa shape index (κ1) is 15.2. The van der Waals surface area contributed by atoms with Crippen LogP contribution in [-0.4, -0.2) is 47.0 Å². The van der Waals surface area contributed by atoms with Crippen LogP contribution in [0.5, 0.6) is 0 Å². The van der Waals surface area contributed by atoms with E-state index in [1.54, 1.807) is 11.3 Å². The highest BCUT2D eigenvalue weighted by molar-refractivity contribution is 7.80. The number of rotatable bonds is 5. The van der Waals surface area contributed by atoms with Crippen LogP contribution >= 0.6 is 23.6 Å². The third-order valence-electron chi connectivity index (χ3n) is 3.50. The molecule has 2 N–H and O–H groups in total. The smallest absolute Gasteiger partial charge is 0.232 e. The molecule has 2 rings (SSSR count). The highest BCUT2D eigenvalue weighted by Crippen LogP contribution is 2.20. The maximum atomic E-state index is 12.4. The lowest BCUT2D eigenvalue weighted by Crippen LogP contribution is -2.51. The number of carbonyl (C=O) groups excluding carboxylic acids is 1. The summed E-state index contributed by atoms with van der Waals surface area (Å²) in [6, 6.07) is 0. The summed E-state index contributed by atoms with van der Waals surface area (Å²) in [6.07, 6.45) is 3.45. The number of amides is 1. The van der Waals surface area contributed by atoms with Gasteiger partial charge in [-0.2, -0.15) is 0 Å². The quantitative estimate of drug-likeness (QED) is 0.835. The van der Waals surface area contributed by atoms with Gasteiger partial charge in [-0.25, -0.2) is 4.98 Å². The molecule has 5 nitrogen and oxygen atoms in total. The molecule has 7 heteroatoms. The highest BCUT2D eigenvalue weighted by atomic mass is 32.1.